The summed E-state index contributed by atoms with van der Waals surface area (Å²) < 4.78 is 11.6. The summed E-state index contributed by atoms with van der Waals surface area (Å²) in [6, 6.07) is 8.32. The summed E-state index contributed by atoms with van der Waals surface area (Å²) in [5.41, 5.74) is 2.66. The maximum atomic E-state index is 13.4. The van der Waals surface area contributed by atoms with E-state index in [0.29, 0.717) is 68.2 Å². The predicted molar refractivity (Wildman–Crippen MR) is 157 cm³/mol. The van der Waals surface area contributed by atoms with Crippen molar-refractivity contribution in [2.75, 3.05) is 39.8 Å². The fourth-order valence-corrected chi connectivity index (χ4v) is 4.87. The van der Waals surface area contributed by atoms with E-state index in [1.54, 1.807) is 37.4 Å². The molecule has 4 rings (SSSR count). The molecule has 2 atom stereocenters. The number of nitrogens with zero attached hydrogens (tertiary/aromatic N) is 2. The zero-order valence-corrected chi connectivity index (χ0v) is 24.8. The quantitative estimate of drug-likeness (QED) is 0.488. The standard InChI is InChI=1S/C28H37N5O5.2ClH/c1-18-13-21(14-19(2)32-18)28(36)33-11-5-4-9-30-27(35)23-16-22(17-31-23)38-25-15-20(7-8-24(25)37-3)26(34)29-10-6-12-33;;/h7-8,13-15,22-23,31H,4-6,9-12,16-17H2,1-3H3,(H,29,34)(H,30,35);2*1H/t22-,23-;;/m0../s1. The van der Waals surface area contributed by atoms with Crippen LogP contribution in [0.4, 0.5) is 0 Å². The molecule has 3 heterocycles. The number of pyridine rings is 1. The van der Waals surface area contributed by atoms with Crippen LogP contribution >= 0.6 is 24.8 Å². The van der Waals surface area contributed by atoms with Crippen molar-refractivity contribution in [1.29, 1.82) is 0 Å². The molecular weight excluding hydrogens is 557 g/mol. The molecule has 2 aromatic rings. The van der Waals surface area contributed by atoms with Crippen LogP contribution in [0.5, 0.6) is 11.5 Å². The molecule has 10 nitrogen and oxygen atoms in total. The molecule has 1 aromatic carbocycles. The monoisotopic (exact) mass is 595 g/mol. The zero-order chi connectivity index (χ0) is 27.1. The van der Waals surface area contributed by atoms with E-state index in [1.807, 2.05) is 18.7 Å². The van der Waals surface area contributed by atoms with Gasteiger partial charge in [-0.1, -0.05) is 0 Å². The minimum atomic E-state index is -0.351. The van der Waals surface area contributed by atoms with Crippen molar-refractivity contribution in [3.63, 3.8) is 0 Å². The summed E-state index contributed by atoms with van der Waals surface area (Å²) in [5.74, 6) is 0.639. The molecule has 0 saturated carbocycles. The molecule has 2 aliphatic heterocycles. The van der Waals surface area contributed by atoms with Gasteiger partial charge in [-0.15, -0.1) is 24.8 Å². The third-order valence-corrected chi connectivity index (χ3v) is 6.79. The van der Waals surface area contributed by atoms with Gasteiger partial charge in [-0.2, -0.15) is 0 Å². The number of rotatable bonds is 2. The lowest BCUT2D eigenvalue weighted by Gasteiger charge is -2.23. The Labute approximate surface area is 247 Å². The first-order chi connectivity index (χ1) is 18.3. The lowest BCUT2D eigenvalue weighted by atomic mass is 10.1. The summed E-state index contributed by atoms with van der Waals surface area (Å²) in [5, 5.41) is 9.17. The molecular formula is C28H39Cl2N5O5. The molecule has 1 aromatic heterocycles. The number of aryl methyl sites for hydroxylation is 2. The first-order valence-corrected chi connectivity index (χ1v) is 13.2. The normalized spacial score (nSPS) is 20.2. The highest BCUT2D eigenvalue weighted by molar-refractivity contribution is 5.95. The number of halogens is 2. The van der Waals surface area contributed by atoms with Crippen LogP contribution in [0.25, 0.3) is 0 Å². The lowest BCUT2D eigenvalue weighted by molar-refractivity contribution is -0.122. The average Bonchev–Trinajstić information content (AvgIpc) is 3.36. The number of benzene rings is 1. The van der Waals surface area contributed by atoms with Gasteiger partial charge in [0.2, 0.25) is 5.91 Å². The Morgan fingerprint density at radius 1 is 1.00 bits per heavy atom. The summed E-state index contributed by atoms with van der Waals surface area (Å²) in [7, 11) is 1.55. The molecule has 12 heteroatoms. The van der Waals surface area contributed by atoms with Gasteiger partial charge in [0.05, 0.1) is 13.2 Å². The number of methoxy groups -OCH3 is 1. The molecule has 0 unspecified atom stereocenters. The van der Waals surface area contributed by atoms with Crippen molar-refractivity contribution in [2.45, 2.75) is 51.7 Å². The number of ether oxygens (including phenoxy) is 2. The number of aromatic nitrogens is 1. The van der Waals surface area contributed by atoms with E-state index in [4.69, 9.17) is 9.47 Å². The second kappa shape index (κ2) is 15.6. The van der Waals surface area contributed by atoms with E-state index in [1.165, 1.54) is 0 Å². The van der Waals surface area contributed by atoms with Crippen molar-refractivity contribution in [1.82, 2.24) is 25.8 Å². The number of amides is 3. The van der Waals surface area contributed by atoms with E-state index in [-0.39, 0.29) is 54.7 Å². The van der Waals surface area contributed by atoms with Crippen LogP contribution in [0.3, 0.4) is 0 Å². The fourth-order valence-electron chi connectivity index (χ4n) is 4.87. The third-order valence-electron chi connectivity index (χ3n) is 6.79. The van der Waals surface area contributed by atoms with Crippen molar-refractivity contribution in [3.8, 4) is 11.5 Å². The maximum Gasteiger partial charge on any atom is 0.253 e. The molecule has 1 fully saturated rings. The summed E-state index contributed by atoms with van der Waals surface area (Å²) >= 11 is 0. The molecule has 0 radical (unpaired) electrons. The fraction of sp³-hybridized carbons (Fsp3) is 0.500. The molecule has 2 aliphatic rings. The van der Waals surface area contributed by atoms with Crippen LogP contribution in [-0.2, 0) is 4.79 Å². The third kappa shape index (κ3) is 8.71. The minimum absolute atomic E-state index is 0. The molecule has 40 heavy (non-hydrogen) atoms. The van der Waals surface area contributed by atoms with E-state index in [0.717, 1.165) is 24.2 Å². The predicted octanol–water partition coefficient (Wildman–Crippen LogP) is 2.83. The molecule has 0 aliphatic carbocycles. The van der Waals surface area contributed by atoms with E-state index >= 15 is 0 Å². The summed E-state index contributed by atoms with van der Waals surface area (Å²) in [6.45, 7) is 6.27. The zero-order valence-electron chi connectivity index (χ0n) is 23.2. The van der Waals surface area contributed by atoms with Gasteiger partial charge in [0.25, 0.3) is 11.8 Å². The number of hydrogen-bond donors (Lipinski definition) is 3. The Morgan fingerprint density at radius 3 is 2.42 bits per heavy atom. The largest absolute Gasteiger partial charge is 0.493 e. The first-order valence-electron chi connectivity index (χ1n) is 13.2. The molecule has 220 valence electrons. The van der Waals surface area contributed by atoms with E-state index in [9.17, 15) is 14.4 Å². The van der Waals surface area contributed by atoms with Crippen molar-refractivity contribution >= 4 is 42.5 Å². The topological polar surface area (TPSA) is 122 Å². The Hall–Kier alpha value is -3.08. The Kier molecular flexibility index (Phi) is 13.0. The van der Waals surface area contributed by atoms with Gasteiger partial charge >= 0.3 is 0 Å². The minimum Gasteiger partial charge on any atom is -0.493 e. The average molecular weight is 597 g/mol. The van der Waals surface area contributed by atoms with Gasteiger partial charge in [-0.05, 0) is 63.4 Å². The molecule has 3 amide bonds. The Balaban J connectivity index is 0.00000280. The molecule has 1 saturated heterocycles. The Bertz CT molecular complexity index is 1160. The number of carbonyl (C=O) groups excluding carboxylic acids is 3. The van der Waals surface area contributed by atoms with Crippen LogP contribution < -0.4 is 25.4 Å². The van der Waals surface area contributed by atoms with Crippen LogP contribution in [0.15, 0.2) is 30.3 Å². The second-order valence-corrected chi connectivity index (χ2v) is 9.84. The van der Waals surface area contributed by atoms with Crippen LogP contribution in [0.1, 0.15) is 57.8 Å². The molecule has 4 bridgehead atoms. The van der Waals surface area contributed by atoms with Crippen molar-refractivity contribution in [2.24, 2.45) is 0 Å². The highest BCUT2D eigenvalue weighted by Gasteiger charge is 2.31. The second-order valence-electron chi connectivity index (χ2n) is 9.84. The van der Waals surface area contributed by atoms with Crippen molar-refractivity contribution in [3.05, 3.63) is 52.8 Å². The van der Waals surface area contributed by atoms with Gasteiger partial charge < -0.3 is 30.3 Å². The molecule has 0 spiro atoms. The first kappa shape index (κ1) is 33.1. The van der Waals surface area contributed by atoms with E-state index < -0.39 is 0 Å². The maximum absolute atomic E-state index is 13.4. The number of hydrogen-bond acceptors (Lipinski definition) is 7. The Morgan fingerprint density at radius 2 is 1.70 bits per heavy atom. The molecule has 3 N–H and O–H groups in total. The van der Waals surface area contributed by atoms with E-state index in [2.05, 4.69) is 20.9 Å². The lowest BCUT2D eigenvalue weighted by Crippen LogP contribution is -2.41. The van der Waals surface area contributed by atoms with Gasteiger partial charge in [0, 0.05) is 61.7 Å². The number of carbonyl (C=O) groups is 3. The number of nitrogens with one attached hydrogen (secondary N) is 3. The van der Waals surface area contributed by atoms with Crippen LogP contribution in [-0.4, -0.2) is 79.6 Å². The van der Waals surface area contributed by atoms with Crippen molar-refractivity contribution < 1.29 is 23.9 Å². The number of fused-ring (bicyclic) bond motifs is 4. The summed E-state index contributed by atoms with van der Waals surface area (Å²) in [6.07, 6.45) is 2.39. The summed E-state index contributed by atoms with van der Waals surface area (Å²) in [4.78, 5) is 45.1. The SMILES string of the molecule is COc1ccc2cc1O[C@@H]1CN[C@@H](C1)C(=O)NCCCCN(C(=O)c1cc(C)nc(C)c1)CCCNC2=O.Cl.Cl. The van der Waals surface area contributed by atoms with Gasteiger partial charge in [-0.3, -0.25) is 19.4 Å². The highest BCUT2D eigenvalue weighted by atomic mass is 35.5. The smallest absolute Gasteiger partial charge is 0.253 e. The highest BCUT2D eigenvalue weighted by Crippen LogP contribution is 2.30. The van der Waals surface area contributed by atoms with Gasteiger partial charge in [-0.25, -0.2) is 0 Å². The van der Waals surface area contributed by atoms with Crippen LogP contribution in [0, 0.1) is 13.8 Å². The van der Waals surface area contributed by atoms with Gasteiger partial charge in [0.1, 0.15) is 6.10 Å². The van der Waals surface area contributed by atoms with Gasteiger partial charge in [0.15, 0.2) is 11.5 Å². The van der Waals surface area contributed by atoms with Crippen LogP contribution in [0.2, 0.25) is 0 Å².